The molecule has 1 aliphatic rings. The summed E-state index contributed by atoms with van der Waals surface area (Å²) in [7, 11) is 0. The number of aryl methyl sites for hydroxylation is 1. The molecule has 44 heavy (non-hydrogen) atoms. The van der Waals surface area contributed by atoms with Crippen LogP contribution in [0.4, 0.5) is 13.2 Å². The molecule has 6 nitrogen and oxygen atoms in total. The molecule has 0 atom stereocenters. The molecule has 0 saturated heterocycles. The first-order valence-corrected chi connectivity index (χ1v) is 14.6. The van der Waals surface area contributed by atoms with Gasteiger partial charge in [0.05, 0.1) is 22.5 Å². The number of pyridine rings is 2. The molecule has 7 rings (SSSR count). The predicted octanol–water partition coefficient (Wildman–Crippen LogP) is 8.37. The quantitative estimate of drug-likeness (QED) is 0.196. The fourth-order valence-electron chi connectivity index (χ4n) is 6.21. The second-order valence-corrected chi connectivity index (χ2v) is 11.2. The van der Waals surface area contributed by atoms with Gasteiger partial charge < -0.3 is 0 Å². The Labute approximate surface area is 252 Å². The van der Waals surface area contributed by atoms with Crippen LogP contribution in [0.3, 0.4) is 0 Å². The summed E-state index contributed by atoms with van der Waals surface area (Å²) >= 11 is 0. The summed E-state index contributed by atoms with van der Waals surface area (Å²) < 4.78 is 43.8. The van der Waals surface area contributed by atoms with Crippen LogP contribution < -0.4 is 0 Å². The minimum Gasteiger partial charge on any atom is -0.232 e. The van der Waals surface area contributed by atoms with Crippen LogP contribution in [-0.2, 0) is 11.6 Å². The van der Waals surface area contributed by atoms with Crippen LogP contribution in [0, 0.1) is 6.92 Å². The van der Waals surface area contributed by atoms with Crippen molar-refractivity contribution in [2.24, 2.45) is 0 Å². The number of aromatic nitrogens is 6. The van der Waals surface area contributed by atoms with Crippen LogP contribution >= 0.6 is 0 Å². The zero-order valence-corrected chi connectivity index (χ0v) is 24.0. The molecule has 0 amide bonds. The van der Waals surface area contributed by atoms with Crippen LogP contribution in [0.5, 0.6) is 0 Å². The fraction of sp³-hybridized carbons (Fsp3) is 0.200. The minimum absolute atomic E-state index is 0.347. The number of benzene rings is 2. The first-order chi connectivity index (χ1) is 21.3. The normalized spacial score (nSPS) is 14.6. The van der Waals surface area contributed by atoms with Crippen LogP contribution in [0.25, 0.3) is 33.9 Å². The van der Waals surface area contributed by atoms with Crippen molar-refractivity contribution in [3.05, 3.63) is 132 Å². The van der Waals surface area contributed by atoms with E-state index in [1.807, 2.05) is 84.5 Å². The molecule has 9 heteroatoms. The number of rotatable bonds is 6. The lowest BCUT2D eigenvalue weighted by molar-refractivity contribution is -0.141. The molecule has 1 saturated carbocycles. The van der Waals surface area contributed by atoms with Gasteiger partial charge in [-0.2, -0.15) is 23.4 Å². The van der Waals surface area contributed by atoms with E-state index in [4.69, 9.17) is 9.97 Å². The third-order valence-corrected chi connectivity index (χ3v) is 8.39. The van der Waals surface area contributed by atoms with Crippen molar-refractivity contribution < 1.29 is 13.2 Å². The monoisotopic (exact) mass is 590 g/mol. The summed E-state index contributed by atoms with van der Waals surface area (Å²) in [4.78, 5) is 10.4. The summed E-state index contributed by atoms with van der Waals surface area (Å²) in [6.07, 6.45) is 2.27. The molecule has 4 heterocycles. The number of alkyl halides is 3. The van der Waals surface area contributed by atoms with Crippen LogP contribution in [0.1, 0.15) is 48.5 Å². The molecule has 0 N–H and O–H groups in total. The third-order valence-electron chi connectivity index (χ3n) is 8.39. The first-order valence-electron chi connectivity index (χ1n) is 14.6. The van der Waals surface area contributed by atoms with Gasteiger partial charge in [-0.3, -0.25) is 0 Å². The largest absolute Gasteiger partial charge is 0.435 e. The van der Waals surface area contributed by atoms with E-state index >= 15 is 0 Å². The Hall–Kier alpha value is -5.05. The van der Waals surface area contributed by atoms with Gasteiger partial charge in [-0.1, -0.05) is 73.5 Å². The smallest absolute Gasteiger partial charge is 0.232 e. The van der Waals surface area contributed by atoms with Gasteiger partial charge >= 0.3 is 6.18 Å². The van der Waals surface area contributed by atoms with Gasteiger partial charge in [0.15, 0.2) is 17.3 Å². The van der Waals surface area contributed by atoms with Crippen LogP contribution in [-0.4, -0.2) is 29.5 Å². The average Bonchev–Trinajstić information content (AvgIpc) is 3.83. The highest BCUT2D eigenvalue weighted by molar-refractivity contribution is 5.72. The lowest BCUT2D eigenvalue weighted by atomic mass is 9.78. The summed E-state index contributed by atoms with van der Waals surface area (Å²) in [5.41, 5.74) is 4.53. The lowest BCUT2D eigenvalue weighted by Crippen LogP contribution is -2.28. The second kappa shape index (κ2) is 10.9. The summed E-state index contributed by atoms with van der Waals surface area (Å²) in [6, 6.07) is 30.6. The van der Waals surface area contributed by atoms with Crippen molar-refractivity contribution in [3.63, 3.8) is 0 Å². The molecule has 0 unspecified atom stereocenters. The van der Waals surface area contributed by atoms with Crippen LogP contribution in [0.2, 0.25) is 0 Å². The van der Waals surface area contributed by atoms with Crippen molar-refractivity contribution in [1.82, 2.24) is 29.5 Å². The van der Waals surface area contributed by atoms with Crippen molar-refractivity contribution in [2.45, 2.75) is 44.2 Å². The maximum absolute atomic E-state index is 13.6. The van der Waals surface area contributed by atoms with Gasteiger partial charge in [0.2, 0.25) is 0 Å². The Morgan fingerprint density at radius 2 is 1.11 bits per heavy atom. The molecule has 6 aromatic rings. The van der Waals surface area contributed by atoms with E-state index in [9.17, 15) is 13.2 Å². The van der Waals surface area contributed by atoms with Gasteiger partial charge in [0.1, 0.15) is 0 Å². The highest BCUT2D eigenvalue weighted by Crippen LogP contribution is 2.46. The molecule has 0 spiro atoms. The van der Waals surface area contributed by atoms with E-state index in [2.05, 4.69) is 34.5 Å². The summed E-state index contributed by atoms with van der Waals surface area (Å²) in [5, 5.41) is 8.59. The van der Waals surface area contributed by atoms with E-state index in [0.29, 0.717) is 11.4 Å². The maximum atomic E-state index is 13.6. The SMILES string of the molecule is Cc1ccn(-c2nc(C3(c4ccc(-c5ccccc5)c(-n5ccc(C(F)(F)F)n5)n4)CCCC3)ccc2-c2ccccc2)n1. The molecule has 220 valence electrons. The average molecular weight is 591 g/mol. The van der Waals surface area contributed by atoms with Gasteiger partial charge in [-0.25, -0.2) is 19.3 Å². The molecule has 0 aliphatic heterocycles. The van der Waals surface area contributed by atoms with Gasteiger partial charge in [0, 0.05) is 23.5 Å². The summed E-state index contributed by atoms with van der Waals surface area (Å²) in [6.45, 7) is 1.94. The molecular formula is C35H29F3N6. The van der Waals surface area contributed by atoms with Crippen molar-refractivity contribution in [1.29, 1.82) is 0 Å². The van der Waals surface area contributed by atoms with E-state index in [1.54, 1.807) is 0 Å². The zero-order chi connectivity index (χ0) is 30.3. The Morgan fingerprint density at radius 3 is 1.57 bits per heavy atom. The Kier molecular flexibility index (Phi) is 6.88. The Balaban J connectivity index is 1.41. The number of halogens is 3. The Morgan fingerprint density at radius 1 is 0.614 bits per heavy atom. The van der Waals surface area contributed by atoms with E-state index in [1.165, 1.54) is 10.9 Å². The van der Waals surface area contributed by atoms with Crippen molar-refractivity contribution >= 4 is 0 Å². The molecule has 0 bridgehead atoms. The fourth-order valence-corrected chi connectivity index (χ4v) is 6.21. The molecule has 1 fully saturated rings. The minimum atomic E-state index is -4.56. The highest BCUT2D eigenvalue weighted by atomic mass is 19.4. The Bertz CT molecular complexity index is 1920. The highest BCUT2D eigenvalue weighted by Gasteiger charge is 2.41. The van der Waals surface area contributed by atoms with E-state index in [-0.39, 0.29) is 0 Å². The number of hydrogen-bond donors (Lipinski definition) is 0. The molecule has 1 aliphatic carbocycles. The molecular weight excluding hydrogens is 561 g/mol. The standard InChI is InChI=1S/C35H29F3N6/c1-24-18-22-43(41-24)32-27(25-10-4-2-5-11-25)14-16-29(39-32)34(20-8-9-21-34)30-17-15-28(26-12-6-3-7-13-26)33(40-30)44-23-19-31(42-44)35(36,37)38/h2-7,10-19,22-23H,8-9,20-21H2,1H3. The zero-order valence-electron chi connectivity index (χ0n) is 24.0. The number of hydrogen-bond acceptors (Lipinski definition) is 4. The summed E-state index contributed by atoms with van der Waals surface area (Å²) in [5.74, 6) is 1.07. The molecule has 0 radical (unpaired) electrons. The van der Waals surface area contributed by atoms with Gasteiger partial charge in [0.25, 0.3) is 0 Å². The second-order valence-electron chi connectivity index (χ2n) is 11.2. The molecule has 2 aromatic carbocycles. The third kappa shape index (κ3) is 4.98. The first kappa shape index (κ1) is 27.8. The topological polar surface area (TPSA) is 61.4 Å². The van der Waals surface area contributed by atoms with Crippen LogP contribution in [0.15, 0.2) is 109 Å². The van der Waals surface area contributed by atoms with E-state index in [0.717, 1.165) is 71.3 Å². The van der Waals surface area contributed by atoms with Gasteiger partial charge in [-0.15, -0.1) is 0 Å². The lowest BCUT2D eigenvalue weighted by Gasteiger charge is -2.30. The van der Waals surface area contributed by atoms with Crippen molar-refractivity contribution in [2.75, 3.05) is 0 Å². The molecule has 4 aromatic heterocycles. The predicted molar refractivity (Wildman–Crippen MR) is 163 cm³/mol. The van der Waals surface area contributed by atoms with Gasteiger partial charge in [-0.05, 0) is 67.3 Å². The van der Waals surface area contributed by atoms with E-state index < -0.39 is 17.3 Å². The number of nitrogens with zero attached hydrogens (tertiary/aromatic N) is 6. The van der Waals surface area contributed by atoms with Crippen molar-refractivity contribution in [3.8, 4) is 33.9 Å². The maximum Gasteiger partial charge on any atom is 0.435 e.